The molecular formula is C28H22Cl2N8O3. The number of aromatic nitrogens is 4. The summed E-state index contributed by atoms with van der Waals surface area (Å²) in [5, 5.41) is 23.3. The summed E-state index contributed by atoms with van der Waals surface area (Å²) in [5.74, 6) is 0.722. The van der Waals surface area contributed by atoms with Crippen molar-refractivity contribution in [1.82, 2.24) is 25.1 Å². The van der Waals surface area contributed by atoms with Crippen LogP contribution in [0, 0.1) is 10.1 Å². The van der Waals surface area contributed by atoms with E-state index < -0.39 is 4.92 Å². The largest absolute Gasteiger partial charge is 0.354 e. The van der Waals surface area contributed by atoms with Gasteiger partial charge in [0.2, 0.25) is 0 Å². The van der Waals surface area contributed by atoms with Gasteiger partial charge in [-0.3, -0.25) is 29.9 Å². The van der Waals surface area contributed by atoms with E-state index in [2.05, 4.69) is 30.7 Å². The number of nitrogens with one attached hydrogen (secondary N) is 2. The molecule has 0 saturated carbocycles. The third-order valence-electron chi connectivity index (χ3n) is 6.01. The predicted molar refractivity (Wildman–Crippen MR) is 160 cm³/mol. The van der Waals surface area contributed by atoms with Gasteiger partial charge in [0, 0.05) is 42.8 Å². The van der Waals surface area contributed by atoms with Crippen LogP contribution in [0.5, 0.6) is 0 Å². The number of pyridine rings is 2. The Balaban J connectivity index is 0.000000202. The molecule has 0 saturated heterocycles. The first kappa shape index (κ1) is 27.7. The topological polar surface area (TPSA) is 140 Å². The molecule has 1 aliphatic heterocycles. The van der Waals surface area contributed by atoms with Crippen LogP contribution in [0.3, 0.4) is 0 Å². The molecule has 5 aromatic rings. The Bertz CT molecular complexity index is 1790. The molecule has 0 aliphatic carbocycles. The Kier molecular flexibility index (Phi) is 8.47. The summed E-state index contributed by atoms with van der Waals surface area (Å²) in [5.41, 5.74) is 2.60. The number of halogens is 2. The number of anilines is 1. The zero-order chi connectivity index (χ0) is 28.8. The average molecular weight is 589 g/mol. The minimum absolute atomic E-state index is 0.0507. The SMILES string of the molecule is Clc1cccc(Cl)c1NC1=NCCN1.O=c1c2cccnc2c(-c2cccc([N+](=O)[O-])c2)nn1Cc1ccncc1. The second kappa shape index (κ2) is 12.5. The lowest BCUT2D eigenvalue weighted by molar-refractivity contribution is -0.384. The fourth-order valence-electron chi connectivity index (χ4n) is 4.07. The molecule has 6 rings (SSSR count). The summed E-state index contributed by atoms with van der Waals surface area (Å²) >= 11 is 12.0. The van der Waals surface area contributed by atoms with Gasteiger partial charge in [0.15, 0.2) is 5.96 Å². The summed E-state index contributed by atoms with van der Waals surface area (Å²) in [6.07, 6.45) is 4.85. The Morgan fingerprint density at radius 3 is 2.46 bits per heavy atom. The van der Waals surface area contributed by atoms with E-state index >= 15 is 0 Å². The second-order valence-electron chi connectivity index (χ2n) is 8.75. The average Bonchev–Trinajstić information content (AvgIpc) is 3.51. The van der Waals surface area contributed by atoms with Crippen molar-refractivity contribution in [3.63, 3.8) is 0 Å². The van der Waals surface area contributed by atoms with Crippen molar-refractivity contribution in [2.24, 2.45) is 4.99 Å². The Morgan fingerprint density at radius 1 is 1.00 bits per heavy atom. The Morgan fingerprint density at radius 2 is 1.76 bits per heavy atom. The van der Waals surface area contributed by atoms with E-state index in [4.69, 9.17) is 23.2 Å². The van der Waals surface area contributed by atoms with Crippen LogP contribution < -0.4 is 16.2 Å². The molecule has 11 nitrogen and oxygen atoms in total. The first-order valence-electron chi connectivity index (χ1n) is 12.4. The molecule has 0 amide bonds. The van der Waals surface area contributed by atoms with Crippen molar-refractivity contribution in [2.45, 2.75) is 6.54 Å². The van der Waals surface area contributed by atoms with Crippen LogP contribution in [0.4, 0.5) is 11.4 Å². The number of rotatable bonds is 5. The number of aliphatic imine (C=N–C) groups is 1. The normalized spacial score (nSPS) is 12.2. The van der Waals surface area contributed by atoms with Gasteiger partial charge in [-0.15, -0.1) is 0 Å². The highest BCUT2D eigenvalue weighted by Gasteiger charge is 2.16. The first-order chi connectivity index (χ1) is 19.9. The van der Waals surface area contributed by atoms with Gasteiger partial charge in [-0.2, -0.15) is 5.10 Å². The third-order valence-corrected chi connectivity index (χ3v) is 6.64. The second-order valence-corrected chi connectivity index (χ2v) is 9.57. The Labute approximate surface area is 243 Å². The van der Waals surface area contributed by atoms with Crippen LogP contribution in [0.2, 0.25) is 10.0 Å². The monoisotopic (exact) mass is 588 g/mol. The molecule has 0 atom stereocenters. The highest BCUT2D eigenvalue weighted by atomic mass is 35.5. The molecule has 0 fully saturated rings. The van der Waals surface area contributed by atoms with Crippen LogP contribution in [0.25, 0.3) is 22.2 Å². The molecule has 0 bridgehead atoms. The van der Waals surface area contributed by atoms with Crippen molar-refractivity contribution in [3.8, 4) is 11.3 Å². The van der Waals surface area contributed by atoms with Gasteiger partial charge in [-0.25, -0.2) is 4.68 Å². The molecule has 0 radical (unpaired) electrons. The third kappa shape index (κ3) is 6.48. The summed E-state index contributed by atoms with van der Waals surface area (Å²) in [6, 6.07) is 18.5. The molecule has 13 heteroatoms. The van der Waals surface area contributed by atoms with E-state index in [-0.39, 0.29) is 17.8 Å². The van der Waals surface area contributed by atoms with Crippen LogP contribution in [0.15, 0.2) is 95.1 Å². The van der Waals surface area contributed by atoms with Crippen LogP contribution in [-0.2, 0) is 6.54 Å². The van der Waals surface area contributed by atoms with Gasteiger partial charge in [-0.05, 0) is 42.0 Å². The minimum atomic E-state index is -0.466. The van der Waals surface area contributed by atoms with Gasteiger partial charge in [0.05, 0.1) is 39.1 Å². The number of non-ortho nitro benzene ring substituents is 1. The molecule has 2 aromatic carbocycles. The zero-order valence-electron chi connectivity index (χ0n) is 21.4. The maximum atomic E-state index is 12.8. The van der Waals surface area contributed by atoms with E-state index in [1.807, 2.05) is 0 Å². The lowest BCUT2D eigenvalue weighted by Crippen LogP contribution is -2.26. The van der Waals surface area contributed by atoms with Gasteiger partial charge >= 0.3 is 0 Å². The molecule has 0 spiro atoms. The molecule has 4 heterocycles. The number of hydrogen-bond donors (Lipinski definition) is 2. The molecule has 41 heavy (non-hydrogen) atoms. The maximum Gasteiger partial charge on any atom is 0.276 e. The quantitative estimate of drug-likeness (QED) is 0.211. The number of nitro groups is 1. The van der Waals surface area contributed by atoms with Gasteiger partial charge < -0.3 is 10.6 Å². The summed E-state index contributed by atoms with van der Waals surface area (Å²) in [4.78, 5) is 35.9. The summed E-state index contributed by atoms with van der Waals surface area (Å²) in [7, 11) is 0. The molecule has 3 aromatic heterocycles. The van der Waals surface area contributed by atoms with E-state index in [1.165, 1.54) is 16.8 Å². The number of guanidine groups is 1. The number of nitrogens with zero attached hydrogens (tertiary/aromatic N) is 6. The van der Waals surface area contributed by atoms with Crippen molar-refractivity contribution < 1.29 is 4.92 Å². The standard InChI is InChI=1S/C19H13N5O3.C9H9Cl2N3/c25-19-16-5-2-8-21-18(16)17(14-3-1-4-15(11-14)24(26)27)22-23(19)12-13-6-9-20-10-7-13;10-6-2-1-3-7(11)8(6)14-9-12-4-5-13-9/h1-11H,12H2;1-3H,4-5H2,(H2,12,13,14). The number of fused-ring (bicyclic) bond motifs is 1. The highest BCUT2D eigenvalue weighted by Crippen LogP contribution is 2.30. The van der Waals surface area contributed by atoms with Crippen LogP contribution in [0.1, 0.15) is 5.56 Å². The van der Waals surface area contributed by atoms with Crippen molar-refractivity contribution in [1.29, 1.82) is 0 Å². The fourth-order valence-corrected chi connectivity index (χ4v) is 4.56. The highest BCUT2D eigenvalue weighted by molar-refractivity contribution is 6.39. The van der Waals surface area contributed by atoms with E-state index in [1.54, 1.807) is 73.2 Å². The molecule has 0 unspecified atom stereocenters. The van der Waals surface area contributed by atoms with E-state index in [9.17, 15) is 14.9 Å². The lowest BCUT2D eigenvalue weighted by atomic mass is 10.1. The van der Waals surface area contributed by atoms with Crippen molar-refractivity contribution >= 4 is 51.4 Å². The number of nitro benzene ring substituents is 1. The molecule has 1 aliphatic rings. The predicted octanol–water partition coefficient (Wildman–Crippen LogP) is 5.17. The maximum absolute atomic E-state index is 12.8. The van der Waals surface area contributed by atoms with Gasteiger partial charge in [0.25, 0.3) is 11.2 Å². The molecule has 2 N–H and O–H groups in total. The van der Waals surface area contributed by atoms with E-state index in [0.717, 1.165) is 24.6 Å². The number of para-hydroxylation sites is 1. The number of hydrogen-bond acceptors (Lipinski definition) is 9. The van der Waals surface area contributed by atoms with Crippen LogP contribution in [-0.4, -0.2) is 43.7 Å². The van der Waals surface area contributed by atoms with Gasteiger partial charge in [0.1, 0.15) is 11.2 Å². The smallest absolute Gasteiger partial charge is 0.276 e. The van der Waals surface area contributed by atoms with Crippen molar-refractivity contribution in [3.05, 3.63) is 121 Å². The fraction of sp³-hybridized carbons (Fsp3) is 0.107. The minimum Gasteiger partial charge on any atom is -0.354 e. The van der Waals surface area contributed by atoms with Crippen LogP contribution >= 0.6 is 23.2 Å². The Hall–Kier alpha value is -4.87. The number of benzene rings is 2. The first-order valence-corrected chi connectivity index (χ1v) is 13.2. The lowest BCUT2D eigenvalue weighted by Gasteiger charge is -2.10. The molecule has 206 valence electrons. The zero-order valence-corrected chi connectivity index (χ0v) is 22.9. The van der Waals surface area contributed by atoms with E-state index in [0.29, 0.717) is 37.9 Å². The summed E-state index contributed by atoms with van der Waals surface area (Å²) in [6.45, 7) is 1.89. The van der Waals surface area contributed by atoms with Gasteiger partial charge in [-0.1, -0.05) is 41.4 Å². The molecular weight excluding hydrogens is 567 g/mol. The van der Waals surface area contributed by atoms with Crippen molar-refractivity contribution in [2.75, 3.05) is 18.4 Å². The summed E-state index contributed by atoms with van der Waals surface area (Å²) < 4.78 is 1.34.